The van der Waals surface area contributed by atoms with Gasteiger partial charge < -0.3 is 9.47 Å². The van der Waals surface area contributed by atoms with Crippen LogP contribution in [0.15, 0.2) is 18.2 Å². The molecule has 37 heavy (non-hydrogen) atoms. The van der Waals surface area contributed by atoms with Crippen molar-refractivity contribution in [3.05, 3.63) is 33.9 Å². The third-order valence-corrected chi connectivity index (χ3v) is 4.18. The Morgan fingerprint density at radius 3 is 1.81 bits per heavy atom. The van der Waals surface area contributed by atoms with Crippen molar-refractivity contribution in [3.63, 3.8) is 0 Å². The van der Waals surface area contributed by atoms with Gasteiger partial charge in [0.2, 0.25) is 0 Å². The topological polar surface area (TPSA) is 78.7 Å². The van der Waals surface area contributed by atoms with Gasteiger partial charge in [-0.3, -0.25) is 10.1 Å². The summed E-state index contributed by atoms with van der Waals surface area (Å²) < 4.78 is 202. The average molecular weight is 579 g/mol. The van der Waals surface area contributed by atoms with Gasteiger partial charge in [0.15, 0.2) is 19.0 Å². The van der Waals surface area contributed by atoms with Crippen LogP contribution in [0.4, 0.5) is 71.5 Å². The first-order valence-electron chi connectivity index (χ1n) is 8.66. The van der Waals surface area contributed by atoms with Crippen molar-refractivity contribution in [2.45, 2.75) is 42.2 Å². The first-order valence-corrected chi connectivity index (χ1v) is 8.66. The minimum atomic E-state index is -7.85. The van der Waals surface area contributed by atoms with Crippen LogP contribution < -0.4 is 4.74 Å². The number of benzene rings is 1. The molecule has 0 unspecified atom stereocenters. The van der Waals surface area contributed by atoms with E-state index in [0.29, 0.717) is 0 Å². The summed E-state index contributed by atoms with van der Waals surface area (Å²) >= 11 is 0. The third-order valence-electron chi connectivity index (χ3n) is 4.18. The summed E-state index contributed by atoms with van der Waals surface area (Å²) in [6.07, 6.45) is -10.8. The van der Waals surface area contributed by atoms with Crippen LogP contribution in [-0.4, -0.2) is 60.1 Å². The highest BCUT2D eigenvalue weighted by Crippen LogP contribution is 2.58. The molecule has 1 aromatic rings. The molecular formula is C16H8F15NO5. The Balaban J connectivity index is 3.03. The van der Waals surface area contributed by atoms with Crippen molar-refractivity contribution in [2.24, 2.45) is 0 Å². The quantitative estimate of drug-likeness (QED) is 0.140. The van der Waals surface area contributed by atoms with Crippen LogP contribution >= 0.6 is 0 Å². The van der Waals surface area contributed by atoms with E-state index in [4.69, 9.17) is 0 Å². The summed E-state index contributed by atoms with van der Waals surface area (Å²) in [5.74, 6) is -40.4. The Morgan fingerprint density at radius 2 is 1.38 bits per heavy atom. The van der Waals surface area contributed by atoms with E-state index in [2.05, 4.69) is 9.47 Å². The number of hydrogen-bond acceptors (Lipinski definition) is 5. The fourth-order valence-corrected chi connectivity index (χ4v) is 2.17. The van der Waals surface area contributed by atoms with Crippen molar-refractivity contribution in [1.82, 2.24) is 0 Å². The number of carbonyl (C=O) groups is 1. The molecule has 21 heteroatoms. The molecule has 1 aromatic carbocycles. The zero-order valence-corrected chi connectivity index (χ0v) is 16.9. The van der Waals surface area contributed by atoms with Crippen LogP contribution in [0.3, 0.4) is 0 Å². The smallest absolute Gasteiger partial charge is 0.416 e. The molecule has 0 bridgehead atoms. The van der Waals surface area contributed by atoms with Crippen LogP contribution in [0.25, 0.3) is 0 Å². The number of ether oxygens (including phenoxy) is 2. The van der Waals surface area contributed by atoms with E-state index in [1.807, 2.05) is 0 Å². The molecule has 0 saturated carbocycles. The van der Waals surface area contributed by atoms with Crippen LogP contribution in [0.2, 0.25) is 0 Å². The number of carbonyl (C=O) groups excluding carboxylic acids is 1. The van der Waals surface area contributed by atoms with Gasteiger partial charge in [-0.2, -0.15) is 57.1 Å². The van der Waals surface area contributed by atoms with E-state index >= 15 is 0 Å². The second-order valence-electron chi connectivity index (χ2n) is 6.74. The number of halogens is 15. The fraction of sp³-hybridized carbons (Fsp3) is 0.562. The Kier molecular flexibility index (Phi) is 8.57. The Hall–Kier alpha value is -3.16. The monoisotopic (exact) mass is 579 g/mol. The Labute approximate surface area is 193 Å². The minimum Gasteiger partial charge on any atom is -0.475 e. The SMILES string of the molecule is O=C(COc1ccc(C(F)(F)F)cc1[N+](=O)[O-])OCC(F)(F)C(F)(F)C(F)(F)C(F)(F)C(F)(F)C(F)F. The molecule has 0 saturated heterocycles. The molecule has 6 nitrogen and oxygen atoms in total. The summed E-state index contributed by atoms with van der Waals surface area (Å²) in [4.78, 5) is 20.7. The largest absolute Gasteiger partial charge is 0.475 e. The van der Waals surface area contributed by atoms with Crippen molar-refractivity contribution >= 4 is 11.7 Å². The lowest BCUT2D eigenvalue weighted by molar-refractivity contribution is -0.414. The lowest BCUT2D eigenvalue weighted by Gasteiger charge is -2.38. The number of esters is 1. The van der Waals surface area contributed by atoms with Crippen molar-refractivity contribution in [1.29, 1.82) is 0 Å². The predicted molar refractivity (Wildman–Crippen MR) is 85.3 cm³/mol. The fourth-order valence-electron chi connectivity index (χ4n) is 2.17. The summed E-state index contributed by atoms with van der Waals surface area (Å²) in [7, 11) is 0. The van der Waals surface area contributed by atoms with Gasteiger partial charge in [-0.1, -0.05) is 0 Å². The van der Waals surface area contributed by atoms with E-state index in [9.17, 15) is 80.8 Å². The molecule has 1 rings (SSSR count). The van der Waals surface area contributed by atoms with Crippen LogP contribution in [0.1, 0.15) is 5.56 Å². The molecule has 212 valence electrons. The minimum absolute atomic E-state index is 0.104. The summed E-state index contributed by atoms with van der Waals surface area (Å²) in [6.45, 7) is -5.06. The van der Waals surface area contributed by atoms with Gasteiger partial charge in [-0.25, -0.2) is 13.6 Å². The summed E-state index contributed by atoms with van der Waals surface area (Å²) in [5, 5.41) is 10.8. The molecule has 0 atom stereocenters. The average Bonchev–Trinajstić information content (AvgIpc) is 2.74. The summed E-state index contributed by atoms with van der Waals surface area (Å²) in [6, 6.07) is 0.329. The van der Waals surface area contributed by atoms with Crippen molar-refractivity contribution in [3.8, 4) is 5.75 Å². The lowest BCUT2D eigenvalue weighted by Crippen LogP contribution is -2.69. The number of alkyl halides is 15. The van der Waals surface area contributed by atoms with Crippen LogP contribution in [0.5, 0.6) is 5.75 Å². The maximum atomic E-state index is 13.6. The first-order chi connectivity index (χ1) is 16.3. The molecule has 0 spiro atoms. The van der Waals surface area contributed by atoms with Gasteiger partial charge in [0.05, 0.1) is 10.5 Å². The molecule has 0 amide bonds. The molecule has 0 radical (unpaired) electrons. The lowest BCUT2D eigenvalue weighted by atomic mass is 9.94. The molecule has 0 N–H and O–H groups in total. The van der Waals surface area contributed by atoms with Gasteiger partial charge in [-0.05, 0) is 12.1 Å². The highest BCUT2D eigenvalue weighted by molar-refractivity contribution is 5.71. The van der Waals surface area contributed by atoms with E-state index in [1.54, 1.807) is 0 Å². The van der Waals surface area contributed by atoms with Crippen LogP contribution in [0, 0.1) is 10.1 Å². The van der Waals surface area contributed by atoms with Gasteiger partial charge >= 0.3 is 53.9 Å². The Bertz CT molecular complexity index is 1010. The second-order valence-corrected chi connectivity index (χ2v) is 6.74. The molecule has 0 aromatic heterocycles. The number of hydrogen-bond donors (Lipinski definition) is 0. The number of nitro benzene ring substituents is 1. The normalized spacial score (nSPS) is 14.1. The second kappa shape index (κ2) is 9.95. The van der Waals surface area contributed by atoms with Crippen LogP contribution in [-0.2, 0) is 15.7 Å². The van der Waals surface area contributed by atoms with Gasteiger partial charge in [0.1, 0.15) is 0 Å². The molecular weight excluding hydrogens is 571 g/mol. The number of nitrogens with zero attached hydrogens (tertiary/aromatic N) is 1. The number of rotatable bonds is 11. The van der Waals surface area contributed by atoms with Gasteiger partial charge in [-0.15, -0.1) is 0 Å². The Morgan fingerprint density at radius 1 is 0.865 bits per heavy atom. The molecule has 0 aliphatic heterocycles. The maximum absolute atomic E-state index is 13.6. The zero-order chi connectivity index (χ0) is 29.4. The van der Waals surface area contributed by atoms with Crippen molar-refractivity contribution < 1.29 is 85.0 Å². The zero-order valence-electron chi connectivity index (χ0n) is 16.9. The standard InChI is InChI=1S/C16H8F15NO5/c17-10(18)12(21,22)15(28,29)16(30,31)14(26,27)11(19,20)5-37-9(33)4-36-8-2-1-6(13(23,24)25)3-7(8)32(34)35/h1-3,10H,4-5H2. The first kappa shape index (κ1) is 31.9. The summed E-state index contributed by atoms with van der Waals surface area (Å²) in [5.41, 5.74) is -3.05. The van der Waals surface area contributed by atoms with E-state index in [0.717, 1.165) is 0 Å². The molecule has 0 aliphatic carbocycles. The third kappa shape index (κ3) is 5.89. The van der Waals surface area contributed by atoms with Gasteiger partial charge in [0.25, 0.3) is 0 Å². The highest BCUT2D eigenvalue weighted by Gasteiger charge is 2.87. The molecule has 0 aliphatic rings. The molecule has 0 heterocycles. The highest BCUT2D eigenvalue weighted by atomic mass is 19.4. The van der Waals surface area contributed by atoms with Gasteiger partial charge in [0, 0.05) is 6.07 Å². The maximum Gasteiger partial charge on any atom is 0.416 e. The van der Waals surface area contributed by atoms with E-state index in [-0.39, 0.29) is 18.2 Å². The van der Waals surface area contributed by atoms with E-state index in [1.165, 1.54) is 0 Å². The predicted octanol–water partition coefficient (Wildman–Crippen LogP) is 5.98. The number of nitro groups is 1. The van der Waals surface area contributed by atoms with Crippen molar-refractivity contribution in [2.75, 3.05) is 13.2 Å². The molecule has 0 fully saturated rings. The van der Waals surface area contributed by atoms with E-state index < -0.39 is 83.3 Å².